The van der Waals surface area contributed by atoms with Crippen molar-refractivity contribution in [3.63, 3.8) is 0 Å². The minimum Gasteiger partial charge on any atom is -0.444 e. The molecule has 16 heavy (non-hydrogen) atoms. The summed E-state index contributed by atoms with van der Waals surface area (Å²) >= 11 is 0. The van der Waals surface area contributed by atoms with E-state index in [1.165, 1.54) is 0 Å². The van der Waals surface area contributed by atoms with Gasteiger partial charge in [-0.15, -0.1) is 0 Å². The average molecular weight is 230 g/mol. The Balaban J connectivity index is 3.31. The summed E-state index contributed by atoms with van der Waals surface area (Å²) in [6, 6.07) is 0. The van der Waals surface area contributed by atoms with E-state index in [9.17, 15) is 9.59 Å². The van der Waals surface area contributed by atoms with E-state index in [0.29, 0.717) is 19.5 Å². The van der Waals surface area contributed by atoms with Gasteiger partial charge in [0, 0.05) is 13.1 Å². The Morgan fingerprint density at radius 3 is 2.38 bits per heavy atom. The number of nitrogens with one attached hydrogen (secondary N) is 2. The molecule has 0 bridgehead atoms. The van der Waals surface area contributed by atoms with Gasteiger partial charge < -0.3 is 15.4 Å². The van der Waals surface area contributed by atoms with Crippen molar-refractivity contribution in [3.05, 3.63) is 0 Å². The van der Waals surface area contributed by atoms with Crippen LogP contribution in [0, 0.1) is 0 Å². The van der Waals surface area contributed by atoms with Crippen LogP contribution >= 0.6 is 0 Å². The third-order valence-electron chi connectivity index (χ3n) is 1.75. The van der Waals surface area contributed by atoms with Gasteiger partial charge in [-0.05, 0) is 40.0 Å². The topological polar surface area (TPSA) is 67.4 Å². The number of amides is 2. The molecule has 0 atom stereocenters. The molecule has 0 aromatic heterocycles. The Morgan fingerprint density at radius 2 is 1.81 bits per heavy atom. The summed E-state index contributed by atoms with van der Waals surface area (Å²) in [5, 5.41) is 5.27. The summed E-state index contributed by atoms with van der Waals surface area (Å²) in [7, 11) is 0. The first-order valence-electron chi connectivity index (χ1n) is 5.59. The van der Waals surface area contributed by atoms with Gasteiger partial charge in [-0.1, -0.05) is 0 Å². The molecule has 0 aliphatic heterocycles. The van der Waals surface area contributed by atoms with Crippen LogP contribution in [0.3, 0.4) is 0 Å². The third-order valence-corrected chi connectivity index (χ3v) is 1.75. The van der Waals surface area contributed by atoms with Gasteiger partial charge in [0.25, 0.3) is 0 Å². The third kappa shape index (κ3) is 10.8. The first-order chi connectivity index (χ1) is 7.45. The molecule has 0 spiro atoms. The van der Waals surface area contributed by atoms with Crippen molar-refractivity contribution in [3.8, 4) is 0 Å². The van der Waals surface area contributed by atoms with Crippen molar-refractivity contribution in [2.45, 2.75) is 45.6 Å². The predicted octanol–water partition coefficient (Wildman–Crippen LogP) is 1.43. The number of carbonyl (C=O) groups excluding carboxylic acids is 2. The van der Waals surface area contributed by atoms with E-state index in [4.69, 9.17) is 4.74 Å². The average Bonchev–Trinajstić information content (AvgIpc) is 2.13. The molecule has 2 N–H and O–H groups in total. The van der Waals surface area contributed by atoms with E-state index < -0.39 is 5.60 Å². The van der Waals surface area contributed by atoms with Crippen LogP contribution in [-0.2, 0) is 9.53 Å². The quantitative estimate of drug-likeness (QED) is 0.513. The van der Waals surface area contributed by atoms with Gasteiger partial charge >= 0.3 is 6.09 Å². The molecule has 0 aromatic carbocycles. The van der Waals surface area contributed by atoms with Gasteiger partial charge in [0.05, 0.1) is 0 Å². The second-order valence-corrected chi connectivity index (χ2v) is 4.56. The number of rotatable bonds is 7. The zero-order valence-corrected chi connectivity index (χ0v) is 10.3. The fraction of sp³-hybridized carbons (Fsp3) is 0.818. The number of carbonyl (C=O) groups is 2. The number of alkyl carbamates (subject to hydrolysis) is 1. The van der Waals surface area contributed by atoms with Gasteiger partial charge in [0.1, 0.15) is 5.60 Å². The Labute approximate surface area is 96.9 Å². The molecular weight excluding hydrogens is 208 g/mol. The normalized spacial score (nSPS) is 10.7. The highest BCUT2D eigenvalue weighted by molar-refractivity contribution is 5.67. The molecule has 0 saturated heterocycles. The van der Waals surface area contributed by atoms with Gasteiger partial charge in [0.15, 0.2) is 0 Å². The first kappa shape index (κ1) is 14.7. The summed E-state index contributed by atoms with van der Waals surface area (Å²) in [5.74, 6) is 0. The zero-order chi connectivity index (χ0) is 12.4. The molecular formula is C11H22N2O3. The number of hydrogen-bond acceptors (Lipinski definition) is 3. The summed E-state index contributed by atoms with van der Waals surface area (Å²) in [6.45, 7) is 6.79. The number of hydrogen-bond donors (Lipinski definition) is 2. The lowest BCUT2D eigenvalue weighted by molar-refractivity contribution is -0.109. The van der Waals surface area contributed by atoms with Crippen molar-refractivity contribution in [1.82, 2.24) is 10.6 Å². The molecule has 0 aliphatic carbocycles. The largest absolute Gasteiger partial charge is 0.444 e. The monoisotopic (exact) mass is 230 g/mol. The maximum atomic E-state index is 11.2. The summed E-state index contributed by atoms with van der Waals surface area (Å²) in [6.07, 6.45) is 3.10. The predicted molar refractivity (Wildman–Crippen MR) is 62.2 cm³/mol. The van der Waals surface area contributed by atoms with Crippen LogP contribution in [0.5, 0.6) is 0 Å². The van der Waals surface area contributed by atoms with Crippen LogP contribution in [0.2, 0.25) is 0 Å². The van der Waals surface area contributed by atoms with Gasteiger partial charge in [-0.25, -0.2) is 4.79 Å². The van der Waals surface area contributed by atoms with Crippen LogP contribution in [0.1, 0.15) is 40.0 Å². The second kappa shape index (κ2) is 7.96. The Morgan fingerprint density at radius 1 is 1.19 bits per heavy atom. The van der Waals surface area contributed by atoms with Crippen LogP contribution in [-0.4, -0.2) is 31.2 Å². The summed E-state index contributed by atoms with van der Waals surface area (Å²) in [5.41, 5.74) is -0.446. The first-order valence-corrected chi connectivity index (χ1v) is 5.59. The molecule has 0 aliphatic rings. The lowest BCUT2D eigenvalue weighted by Gasteiger charge is -2.19. The fourth-order valence-corrected chi connectivity index (χ4v) is 1.09. The van der Waals surface area contributed by atoms with Crippen molar-refractivity contribution >= 4 is 12.5 Å². The second-order valence-electron chi connectivity index (χ2n) is 4.56. The maximum absolute atomic E-state index is 11.2. The smallest absolute Gasteiger partial charge is 0.407 e. The molecule has 94 valence electrons. The Bertz CT molecular complexity index is 212. The van der Waals surface area contributed by atoms with E-state index in [0.717, 1.165) is 19.3 Å². The van der Waals surface area contributed by atoms with E-state index in [1.54, 1.807) is 0 Å². The Kier molecular flexibility index (Phi) is 7.33. The lowest BCUT2D eigenvalue weighted by atomic mass is 10.2. The van der Waals surface area contributed by atoms with Crippen molar-refractivity contribution in [1.29, 1.82) is 0 Å². The molecule has 5 heteroatoms. The van der Waals surface area contributed by atoms with Crippen molar-refractivity contribution in [2.75, 3.05) is 13.1 Å². The van der Waals surface area contributed by atoms with E-state index in [1.807, 2.05) is 20.8 Å². The maximum Gasteiger partial charge on any atom is 0.407 e. The standard InChI is InChI=1S/C11H22N2O3/c1-11(2,3)16-10(15)13-8-6-4-5-7-12-9-14/h9H,4-8H2,1-3H3,(H,12,14)(H,13,15). The molecule has 0 radical (unpaired) electrons. The van der Waals surface area contributed by atoms with Crippen LogP contribution in [0.25, 0.3) is 0 Å². The van der Waals surface area contributed by atoms with Crippen LogP contribution in [0.15, 0.2) is 0 Å². The highest BCUT2D eigenvalue weighted by atomic mass is 16.6. The molecule has 0 saturated carbocycles. The molecule has 5 nitrogen and oxygen atoms in total. The molecule has 0 unspecified atom stereocenters. The molecule has 0 heterocycles. The van der Waals surface area contributed by atoms with E-state index in [-0.39, 0.29) is 6.09 Å². The van der Waals surface area contributed by atoms with Crippen molar-refractivity contribution < 1.29 is 14.3 Å². The van der Waals surface area contributed by atoms with Crippen LogP contribution in [0.4, 0.5) is 4.79 Å². The number of unbranched alkanes of at least 4 members (excludes halogenated alkanes) is 2. The highest BCUT2D eigenvalue weighted by Crippen LogP contribution is 2.06. The highest BCUT2D eigenvalue weighted by Gasteiger charge is 2.15. The number of ether oxygens (including phenoxy) is 1. The van der Waals surface area contributed by atoms with Crippen molar-refractivity contribution in [2.24, 2.45) is 0 Å². The molecule has 2 amide bonds. The lowest BCUT2D eigenvalue weighted by Crippen LogP contribution is -2.33. The van der Waals surface area contributed by atoms with Gasteiger partial charge in [-0.2, -0.15) is 0 Å². The summed E-state index contributed by atoms with van der Waals surface area (Å²) in [4.78, 5) is 21.1. The molecule has 0 fully saturated rings. The summed E-state index contributed by atoms with van der Waals surface area (Å²) < 4.78 is 5.07. The minimum atomic E-state index is -0.446. The molecule has 0 aromatic rings. The zero-order valence-electron chi connectivity index (χ0n) is 10.3. The van der Waals surface area contributed by atoms with Crippen LogP contribution < -0.4 is 10.6 Å². The van der Waals surface area contributed by atoms with Gasteiger partial charge in [0.2, 0.25) is 6.41 Å². The minimum absolute atomic E-state index is 0.376. The van der Waals surface area contributed by atoms with E-state index >= 15 is 0 Å². The molecule has 0 rings (SSSR count). The SMILES string of the molecule is CC(C)(C)OC(=O)NCCCCCNC=O. The van der Waals surface area contributed by atoms with E-state index in [2.05, 4.69) is 10.6 Å². The van der Waals surface area contributed by atoms with Gasteiger partial charge in [-0.3, -0.25) is 4.79 Å². The Hall–Kier alpha value is -1.26. The fourth-order valence-electron chi connectivity index (χ4n) is 1.09.